The molecule has 4 heteroatoms. The van der Waals surface area contributed by atoms with E-state index in [0.717, 1.165) is 38.7 Å². The number of alkyl halides is 2. The van der Waals surface area contributed by atoms with Gasteiger partial charge in [-0.25, -0.2) is 0 Å². The van der Waals surface area contributed by atoms with Gasteiger partial charge in [0.1, 0.15) is 5.75 Å². The molecule has 0 bridgehead atoms. The van der Waals surface area contributed by atoms with Crippen molar-refractivity contribution in [2.45, 2.75) is 78.2 Å². The third kappa shape index (κ3) is 4.29. The number of aliphatic hydroxyl groups excluding tert-OH is 1. The predicted molar refractivity (Wildman–Crippen MR) is 127 cm³/mol. The van der Waals surface area contributed by atoms with Crippen LogP contribution in [0.3, 0.4) is 0 Å². The molecule has 0 fully saturated rings. The Morgan fingerprint density at radius 2 is 1.54 bits per heavy atom. The summed E-state index contributed by atoms with van der Waals surface area (Å²) in [5.74, 6) is 0.0639. The van der Waals surface area contributed by atoms with Gasteiger partial charge in [-0.2, -0.15) is 0 Å². The number of rotatable bonds is 3. The van der Waals surface area contributed by atoms with Gasteiger partial charge < -0.3 is 10.2 Å². The molecule has 28 heavy (non-hydrogen) atoms. The molecule has 0 spiro atoms. The molecule has 0 aliphatic heterocycles. The lowest BCUT2D eigenvalue weighted by molar-refractivity contribution is 0.162. The Labute approximate surface area is 187 Å². The largest absolute Gasteiger partial charge is 0.507 e. The zero-order valence-corrected chi connectivity index (χ0v) is 21.5. The minimum Gasteiger partial charge on any atom is -0.507 e. The van der Waals surface area contributed by atoms with E-state index in [0.29, 0.717) is 11.1 Å². The minimum atomic E-state index is -0.661. The lowest BCUT2D eigenvalue weighted by Gasteiger charge is -2.39. The molecule has 0 heterocycles. The van der Waals surface area contributed by atoms with Crippen LogP contribution in [0.5, 0.6) is 5.75 Å². The van der Waals surface area contributed by atoms with Gasteiger partial charge in [-0.05, 0) is 52.5 Å². The maximum absolute atomic E-state index is 11.5. The summed E-state index contributed by atoms with van der Waals surface area (Å²) in [6.45, 7) is 16.9. The van der Waals surface area contributed by atoms with E-state index in [4.69, 9.17) is 0 Å². The van der Waals surface area contributed by atoms with Crippen molar-refractivity contribution in [1.29, 1.82) is 0 Å². The zero-order chi connectivity index (χ0) is 21.6. The number of benzene rings is 1. The van der Waals surface area contributed by atoms with Gasteiger partial charge in [-0.15, -0.1) is 0 Å². The first-order valence-corrected chi connectivity index (χ1v) is 12.1. The van der Waals surface area contributed by atoms with Crippen LogP contribution in [0.4, 0.5) is 0 Å². The van der Waals surface area contributed by atoms with E-state index in [9.17, 15) is 10.2 Å². The second-order valence-corrected chi connectivity index (χ2v) is 11.1. The van der Waals surface area contributed by atoms with Crippen molar-refractivity contribution in [3.05, 3.63) is 51.1 Å². The Bertz CT molecular complexity index is 820. The number of allylic oxidation sites excluding steroid dienone is 2. The number of phenolic OH excluding ortho intramolecular Hbond substituents is 1. The predicted octanol–water partition coefficient (Wildman–Crippen LogP) is 7.04. The van der Waals surface area contributed by atoms with Crippen molar-refractivity contribution in [2.75, 3.05) is 5.33 Å². The molecule has 0 amide bonds. The van der Waals surface area contributed by atoms with Gasteiger partial charge >= 0.3 is 0 Å². The second kappa shape index (κ2) is 8.28. The van der Waals surface area contributed by atoms with Gasteiger partial charge in [0.25, 0.3) is 0 Å². The van der Waals surface area contributed by atoms with E-state index < -0.39 is 6.10 Å². The SMILES string of the molecule is CC1=C(CBr)C=C(C(C)(C)C)[C@H](O)C1c1c(C)c(CBr)cc(C(C)(C)C)c1O. The Hall–Kier alpha value is -0.580. The highest BCUT2D eigenvalue weighted by Crippen LogP contribution is 2.49. The third-order valence-corrected chi connectivity index (χ3v) is 7.13. The number of hydrogen-bond acceptors (Lipinski definition) is 2. The van der Waals surface area contributed by atoms with Crippen molar-refractivity contribution in [1.82, 2.24) is 0 Å². The maximum Gasteiger partial charge on any atom is 0.123 e. The standard InChI is InChI=1S/C24H34Br2O2/c1-13-15(11-25)9-17(23(3,4)5)21(27)19(13)20-14(2)16(12-26)10-18(22(20)28)24(6,7)8/h9-10,19,21,27-28H,11-12H2,1-8H3/t19?,21-/m0/s1. The molecule has 156 valence electrons. The number of hydrogen-bond donors (Lipinski definition) is 2. The van der Waals surface area contributed by atoms with Crippen molar-refractivity contribution >= 4 is 31.9 Å². The van der Waals surface area contributed by atoms with Gasteiger partial charge in [-0.1, -0.05) is 91.1 Å². The average Bonchev–Trinajstić information content (AvgIpc) is 2.55. The van der Waals surface area contributed by atoms with Crippen LogP contribution in [0.25, 0.3) is 0 Å². The summed E-state index contributed by atoms with van der Waals surface area (Å²) >= 11 is 7.24. The lowest BCUT2D eigenvalue weighted by Crippen LogP contribution is -2.33. The van der Waals surface area contributed by atoms with E-state index in [2.05, 4.69) is 99.4 Å². The van der Waals surface area contributed by atoms with Gasteiger partial charge in [0.05, 0.1) is 6.10 Å². The van der Waals surface area contributed by atoms with Crippen LogP contribution < -0.4 is 0 Å². The van der Waals surface area contributed by atoms with Crippen LogP contribution in [0.1, 0.15) is 76.6 Å². The first-order valence-electron chi connectivity index (χ1n) is 9.83. The summed E-state index contributed by atoms with van der Waals surface area (Å²) < 4.78 is 0. The summed E-state index contributed by atoms with van der Waals surface area (Å²) in [6, 6.07) is 2.10. The lowest BCUT2D eigenvalue weighted by atomic mass is 9.68. The summed E-state index contributed by atoms with van der Waals surface area (Å²) in [5.41, 5.74) is 6.95. The first kappa shape index (κ1) is 23.7. The van der Waals surface area contributed by atoms with Crippen LogP contribution >= 0.6 is 31.9 Å². The smallest absolute Gasteiger partial charge is 0.123 e. The maximum atomic E-state index is 11.5. The molecule has 1 aromatic rings. The second-order valence-electron chi connectivity index (χ2n) is 9.97. The third-order valence-electron chi connectivity index (χ3n) is 5.92. The summed E-state index contributed by atoms with van der Waals surface area (Å²) in [6.07, 6.45) is 1.47. The van der Waals surface area contributed by atoms with Crippen molar-refractivity contribution in [3.63, 3.8) is 0 Å². The number of halogens is 2. The molecule has 0 saturated carbocycles. The number of phenols is 1. The van der Waals surface area contributed by atoms with Gasteiger partial charge in [0.2, 0.25) is 0 Å². The van der Waals surface area contributed by atoms with Gasteiger partial charge in [0.15, 0.2) is 0 Å². The van der Waals surface area contributed by atoms with E-state index in [1.807, 2.05) is 0 Å². The fourth-order valence-corrected chi connectivity index (χ4v) is 5.31. The van der Waals surface area contributed by atoms with Crippen molar-refractivity contribution in [2.24, 2.45) is 5.41 Å². The average molecular weight is 514 g/mol. The Morgan fingerprint density at radius 3 is 1.96 bits per heavy atom. The summed E-state index contributed by atoms with van der Waals surface area (Å²) in [4.78, 5) is 0. The molecule has 2 nitrogen and oxygen atoms in total. The molecule has 2 atom stereocenters. The summed E-state index contributed by atoms with van der Waals surface area (Å²) in [7, 11) is 0. The fraction of sp³-hybridized carbons (Fsp3) is 0.583. The molecule has 2 N–H and O–H groups in total. The highest BCUT2D eigenvalue weighted by atomic mass is 79.9. The van der Waals surface area contributed by atoms with E-state index in [-0.39, 0.29) is 16.7 Å². The molecular weight excluding hydrogens is 480 g/mol. The van der Waals surface area contributed by atoms with E-state index in [1.165, 1.54) is 5.57 Å². The molecular formula is C24H34Br2O2. The molecule has 2 rings (SSSR count). The Kier molecular flexibility index (Phi) is 7.00. The quantitative estimate of drug-likeness (QED) is 0.425. The number of aromatic hydroxyl groups is 1. The van der Waals surface area contributed by atoms with Gasteiger partial charge in [-0.3, -0.25) is 0 Å². The molecule has 1 aliphatic rings. The minimum absolute atomic E-state index is 0.158. The van der Waals surface area contributed by atoms with Crippen LogP contribution in [0, 0.1) is 12.3 Å². The fourth-order valence-electron chi connectivity index (χ4n) is 4.12. The van der Waals surface area contributed by atoms with Crippen molar-refractivity contribution in [3.8, 4) is 5.75 Å². The highest BCUT2D eigenvalue weighted by molar-refractivity contribution is 9.09. The molecule has 0 saturated heterocycles. The van der Waals surface area contributed by atoms with Crippen LogP contribution in [-0.2, 0) is 10.7 Å². The van der Waals surface area contributed by atoms with Crippen molar-refractivity contribution < 1.29 is 10.2 Å². The Morgan fingerprint density at radius 1 is 0.964 bits per heavy atom. The van der Waals surface area contributed by atoms with Crippen LogP contribution in [-0.4, -0.2) is 21.6 Å². The Balaban J connectivity index is 2.86. The van der Waals surface area contributed by atoms with E-state index >= 15 is 0 Å². The monoisotopic (exact) mass is 512 g/mol. The molecule has 1 unspecified atom stereocenters. The van der Waals surface area contributed by atoms with Gasteiger partial charge in [0, 0.05) is 22.1 Å². The normalized spacial score (nSPS) is 21.2. The highest BCUT2D eigenvalue weighted by Gasteiger charge is 2.39. The molecule has 1 aliphatic carbocycles. The topological polar surface area (TPSA) is 40.5 Å². The molecule has 1 aromatic carbocycles. The van der Waals surface area contributed by atoms with E-state index in [1.54, 1.807) is 0 Å². The summed E-state index contributed by atoms with van der Waals surface area (Å²) in [5, 5.41) is 24.3. The molecule has 0 radical (unpaired) electrons. The van der Waals surface area contributed by atoms with Crippen LogP contribution in [0.2, 0.25) is 0 Å². The zero-order valence-electron chi connectivity index (χ0n) is 18.4. The number of aliphatic hydroxyl groups is 1. The molecule has 0 aromatic heterocycles. The first-order chi connectivity index (χ1) is 12.8. The van der Waals surface area contributed by atoms with Crippen LogP contribution in [0.15, 0.2) is 28.9 Å².